The van der Waals surface area contributed by atoms with Gasteiger partial charge in [0.25, 0.3) is 5.69 Å². The smallest absolute Gasteiger partial charge is 0.272 e. The largest absolute Gasteiger partial charge is 0.301 e. The number of hydrazone groups is 1. The van der Waals surface area contributed by atoms with E-state index in [1.165, 1.54) is 18.6 Å². The van der Waals surface area contributed by atoms with Crippen LogP contribution in [0.4, 0.5) is 17.1 Å². The van der Waals surface area contributed by atoms with E-state index in [2.05, 4.69) is 17.5 Å². The molecule has 1 aliphatic carbocycles. The molecule has 23 heavy (non-hydrogen) atoms. The second-order valence-electron chi connectivity index (χ2n) is 5.76. The van der Waals surface area contributed by atoms with Crippen molar-refractivity contribution >= 4 is 22.8 Å². The Morgan fingerprint density at radius 1 is 1.30 bits per heavy atom. The lowest BCUT2D eigenvalue weighted by atomic mass is 9.85. The summed E-state index contributed by atoms with van der Waals surface area (Å²) in [6, 6.07) is 3.51. The van der Waals surface area contributed by atoms with Crippen LogP contribution in [0.25, 0.3) is 0 Å². The van der Waals surface area contributed by atoms with Gasteiger partial charge in [-0.2, -0.15) is 5.10 Å². The molecule has 0 radical (unpaired) electrons. The summed E-state index contributed by atoms with van der Waals surface area (Å²) in [6.45, 7) is 2.16. The predicted octanol–water partition coefficient (Wildman–Crippen LogP) is 4.26. The molecule has 124 valence electrons. The standard InChI is InChI=1S/C15H20N4O4/c1-2-4-11-5-3-6-12(9-11)16-17-14-8-7-13(18(20)21)10-15(14)19(22)23/h7-8,10-11,17H,2-6,9H2,1H3. The number of non-ortho nitro benzene ring substituents is 1. The minimum atomic E-state index is -0.654. The highest BCUT2D eigenvalue weighted by molar-refractivity contribution is 5.86. The average molecular weight is 320 g/mol. The molecule has 8 nitrogen and oxygen atoms in total. The number of hydrogen-bond acceptors (Lipinski definition) is 6. The molecule has 1 fully saturated rings. The predicted molar refractivity (Wildman–Crippen MR) is 87.7 cm³/mol. The SMILES string of the molecule is CCCC1CCCC(=NNc2ccc([N+](=O)[O-])cc2[N+](=O)[O-])C1. The number of nitrogens with one attached hydrogen (secondary N) is 1. The number of nitro groups is 2. The summed E-state index contributed by atoms with van der Waals surface area (Å²) in [7, 11) is 0. The van der Waals surface area contributed by atoms with Crippen molar-refractivity contribution in [1.29, 1.82) is 0 Å². The molecule has 0 bridgehead atoms. The van der Waals surface area contributed by atoms with Crippen LogP contribution in [0.15, 0.2) is 23.3 Å². The van der Waals surface area contributed by atoms with Gasteiger partial charge in [0.2, 0.25) is 0 Å². The zero-order valence-corrected chi connectivity index (χ0v) is 13.0. The molecular formula is C15H20N4O4. The van der Waals surface area contributed by atoms with Gasteiger partial charge in [-0.1, -0.05) is 19.8 Å². The van der Waals surface area contributed by atoms with Gasteiger partial charge in [0.05, 0.1) is 15.9 Å². The van der Waals surface area contributed by atoms with E-state index in [1.807, 2.05) is 0 Å². The number of rotatable bonds is 6. The molecule has 0 heterocycles. The molecule has 0 saturated heterocycles. The summed E-state index contributed by atoms with van der Waals surface area (Å²) < 4.78 is 0. The Bertz CT molecular complexity index is 628. The van der Waals surface area contributed by atoms with E-state index in [1.54, 1.807) is 0 Å². The molecule has 1 aliphatic rings. The normalized spacial score (nSPS) is 19.5. The van der Waals surface area contributed by atoms with Gasteiger partial charge in [-0.15, -0.1) is 0 Å². The Balaban J connectivity index is 2.14. The first-order valence-electron chi connectivity index (χ1n) is 7.75. The van der Waals surface area contributed by atoms with Gasteiger partial charge < -0.3 is 0 Å². The summed E-state index contributed by atoms with van der Waals surface area (Å²) in [5.74, 6) is 0.626. The third-order valence-electron chi connectivity index (χ3n) is 4.02. The number of hydrogen-bond donors (Lipinski definition) is 1. The molecule has 0 aliphatic heterocycles. The van der Waals surface area contributed by atoms with Crippen molar-refractivity contribution in [3.05, 3.63) is 38.4 Å². The quantitative estimate of drug-likeness (QED) is 0.621. The molecule has 2 rings (SSSR count). The van der Waals surface area contributed by atoms with Crippen LogP contribution in [0.1, 0.15) is 45.4 Å². The van der Waals surface area contributed by atoms with Crippen LogP contribution in [-0.4, -0.2) is 15.6 Å². The Kier molecular flexibility index (Phi) is 5.61. The molecule has 0 amide bonds. The van der Waals surface area contributed by atoms with E-state index in [0.29, 0.717) is 5.92 Å². The zero-order valence-electron chi connectivity index (χ0n) is 13.0. The van der Waals surface area contributed by atoms with Crippen molar-refractivity contribution in [2.45, 2.75) is 45.4 Å². The molecule has 1 saturated carbocycles. The van der Waals surface area contributed by atoms with E-state index in [0.717, 1.165) is 43.9 Å². The summed E-state index contributed by atoms with van der Waals surface area (Å²) in [4.78, 5) is 20.5. The van der Waals surface area contributed by atoms with E-state index >= 15 is 0 Å². The van der Waals surface area contributed by atoms with E-state index < -0.39 is 9.85 Å². The number of nitrogens with zero attached hydrogens (tertiary/aromatic N) is 3. The molecule has 0 aromatic heterocycles. The maximum Gasteiger partial charge on any atom is 0.301 e. The fourth-order valence-corrected chi connectivity index (χ4v) is 2.91. The third-order valence-corrected chi connectivity index (χ3v) is 4.02. The highest BCUT2D eigenvalue weighted by atomic mass is 16.6. The van der Waals surface area contributed by atoms with Gasteiger partial charge in [0, 0.05) is 11.8 Å². The van der Waals surface area contributed by atoms with Crippen LogP contribution in [0, 0.1) is 26.1 Å². The Hall–Kier alpha value is -2.51. The molecule has 1 aromatic rings. The monoisotopic (exact) mass is 320 g/mol. The van der Waals surface area contributed by atoms with Crippen LogP contribution in [0.2, 0.25) is 0 Å². The van der Waals surface area contributed by atoms with Crippen LogP contribution < -0.4 is 5.43 Å². The maximum atomic E-state index is 11.1. The third kappa shape index (κ3) is 4.48. The van der Waals surface area contributed by atoms with Crippen LogP contribution in [0.3, 0.4) is 0 Å². The molecule has 0 spiro atoms. The van der Waals surface area contributed by atoms with Gasteiger partial charge >= 0.3 is 5.69 Å². The highest BCUT2D eigenvalue weighted by Crippen LogP contribution is 2.30. The topological polar surface area (TPSA) is 111 Å². The van der Waals surface area contributed by atoms with E-state index in [-0.39, 0.29) is 17.1 Å². The van der Waals surface area contributed by atoms with Crippen molar-refractivity contribution in [2.75, 3.05) is 5.43 Å². The molecular weight excluding hydrogens is 300 g/mol. The van der Waals surface area contributed by atoms with E-state index in [9.17, 15) is 20.2 Å². The first kappa shape index (κ1) is 16.9. The first-order valence-corrected chi connectivity index (χ1v) is 7.75. The Morgan fingerprint density at radius 3 is 2.74 bits per heavy atom. The van der Waals surface area contributed by atoms with Gasteiger partial charge in [0.1, 0.15) is 5.69 Å². The molecule has 1 unspecified atom stereocenters. The number of nitro benzene ring substituents is 2. The molecule has 1 N–H and O–H groups in total. The maximum absolute atomic E-state index is 11.1. The van der Waals surface area contributed by atoms with Crippen molar-refractivity contribution < 1.29 is 9.85 Å². The Labute approximate surface area is 133 Å². The second kappa shape index (κ2) is 7.66. The molecule has 1 atom stereocenters. The lowest BCUT2D eigenvalue weighted by Crippen LogP contribution is -2.16. The van der Waals surface area contributed by atoms with E-state index in [4.69, 9.17) is 0 Å². The lowest BCUT2D eigenvalue weighted by Gasteiger charge is -2.22. The molecule has 8 heteroatoms. The van der Waals surface area contributed by atoms with Crippen molar-refractivity contribution in [3.63, 3.8) is 0 Å². The zero-order chi connectivity index (χ0) is 16.8. The first-order chi connectivity index (χ1) is 11.0. The minimum Gasteiger partial charge on any atom is -0.272 e. The summed E-state index contributed by atoms with van der Waals surface area (Å²) in [6.07, 6.45) is 6.36. The number of benzene rings is 1. The fraction of sp³-hybridized carbons (Fsp3) is 0.533. The minimum absolute atomic E-state index is 0.172. The fourth-order valence-electron chi connectivity index (χ4n) is 2.91. The van der Waals surface area contributed by atoms with Crippen molar-refractivity contribution in [2.24, 2.45) is 11.0 Å². The van der Waals surface area contributed by atoms with Crippen molar-refractivity contribution in [1.82, 2.24) is 0 Å². The average Bonchev–Trinajstić information content (AvgIpc) is 2.53. The lowest BCUT2D eigenvalue weighted by molar-refractivity contribution is -0.393. The van der Waals surface area contributed by atoms with Crippen molar-refractivity contribution in [3.8, 4) is 0 Å². The van der Waals surface area contributed by atoms with Crippen LogP contribution >= 0.6 is 0 Å². The van der Waals surface area contributed by atoms with Crippen LogP contribution in [-0.2, 0) is 0 Å². The summed E-state index contributed by atoms with van der Waals surface area (Å²) in [5, 5.41) is 26.1. The molecule has 1 aromatic carbocycles. The van der Waals surface area contributed by atoms with Crippen LogP contribution in [0.5, 0.6) is 0 Å². The Morgan fingerprint density at radius 2 is 2.09 bits per heavy atom. The highest BCUT2D eigenvalue weighted by Gasteiger charge is 2.20. The van der Waals surface area contributed by atoms with Gasteiger partial charge in [0.15, 0.2) is 0 Å². The van der Waals surface area contributed by atoms with Gasteiger partial charge in [-0.25, -0.2) is 0 Å². The summed E-state index contributed by atoms with van der Waals surface area (Å²) in [5.41, 5.74) is 3.24. The summed E-state index contributed by atoms with van der Waals surface area (Å²) >= 11 is 0. The van der Waals surface area contributed by atoms with Gasteiger partial charge in [-0.3, -0.25) is 25.7 Å². The second-order valence-corrected chi connectivity index (χ2v) is 5.76. The van der Waals surface area contributed by atoms with Gasteiger partial charge in [-0.05, 0) is 37.7 Å². The number of anilines is 1.